The molecule has 0 radical (unpaired) electrons. The van der Waals surface area contributed by atoms with Gasteiger partial charge in [0.05, 0.1) is 10.6 Å². The highest BCUT2D eigenvalue weighted by Crippen LogP contribution is 2.32. The van der Waals surface area contributed by atoms with Crippen LogP contribution in [0.4, 0.5) is 11.4 Å². The monoisotopic (exact) mass is 494 g/mol. The summed E-state index contributed by atoms with van der Waals surface area (Å²) in [7, 11) is -1.75. The van der Waals surface area contributed by atoms with Gasteiger partial charge in [-0.3, -0.25) is 4.79 Å². The molecule has 1 aliphatic heterocycles. The fourth-order valence-corrected chi connectivity index (χ4v) is 5.76. The van der Waals surface area contributed by atoms with Crippen molar-refractivity contribution in [1.29, 1.82) is 0 Å². The van der Waals surface area contributed by atoms with Gasteiger partial charge >= 0.3 is 10.2 Å². The van der Waals surface area contributed by atoms with E-state index in [0.29, 0.717) is 24.3 Å². The molecule has 33 heavy (non-hydrogen) atoms. The predicted molar refractivity (Wildman–Crippen MR) is 129 cm³/mol. The van der Waals surface area contributed by atoms with Crippen LogP contribution in [0.2, 0.25) is 0 Å². The number of anilines is 2. The Bertz CT molecular complexity index is 1290. The highest BCUT2D eigenvalue weighted by molar-refractivity contribution is 7.90. The number of hydrogen-bond acceptors (Lipinski definition) is 5. The second-order valence-corrected chi connectivity index (χ2v) is 12.7. The van der Waals surface area contributed by atoms with Gasteiger partial charge in [-0.05, 0) is 61.2 Å². The lowest BCUT2D eigenvalue weighted by molar-refractivity contribution is -0.117. The number of carbonyl (C=O) groups is 1. The highest BCUT2D eigenvalue weighted by Gasteiger charge is 2.33. The van der Waals surface area contributed by atoms with Crippen LogP contribution in [-0.2, 0) is 31.4 Å². The van der Waals surface area contributed by atoms with Crippen LogP contribution in [0.1, 0.15) is 16.7 Å². The molecule has 0 atom stereocenters. The summed E-state index contributed by atoms with van der Waals surface area (Å²) in [6.45, 7) is 3.64. The number of rotatable bonds is 7. The average Bonchev–Trinajstić information content (AvgIpc) is 3.16. The zero-order valence-electron chi connectivity index (χ0n) is 19.7. The van der Waals surface area contributed by atoms with E-state index in [2.05, 4.69) is 0 Å². The number of hydrogen-bond donors (Lipinski definition) is 0. The maximum Gasteiger partial charge on any atom is 0.304 e. The van der Waals surface area contributed by atoms with E-state index in [-0.39, 0.29) is 17.3 Å². The molecule has 2 aromatic rings. The zero-order chi connectivity index (χ0) is 24.7. The van der Waals surface area contributed by atoms with E-state index in [0.717, 1.165) is 29.6 Å². The molecule has 2 aromatic carbocycles. The lowest BCUT2D eigenvalue weighted by Crippen LogP contribution is -2.47. The van der Waals surface area contributed by atoms with Gasteiger partial charge in [0, 0.05) is 40.4 Å². The lowest BCUT2D eigenvalue weighted by Gasteiger charge is -2.30. The summed E-state index contributed by atoms with van der Waals surface area (Å²) in [5, 5.41) is 0. The first kappa shape index (κ1) is 25.2. The van der Waals surface area contributed by atoms with Crippen molar-refractivity contribution in [1.82, 2.24) is 8.61 Å². The molecule has 0 aliphatic carbocycles. The Kier molecular flexibility index (Phi) is 6.90. The second kappa shape index (κ2) is 9.05. The SMILES string of the molecule is Cc1ccc(C)c(N(CC(=O)N2CCc3cc(S(=O)(=O)N(C)C)ccc32)S(=O)(=O)N(C)C)c1. The van der Waals surface area contributed by atoms with Crippen molar-refractivity contribution in [3.8, 4) is 0 Å². The van der Waals surface area contributed by atoms with E-state index in [9.17, 15) is 21.6 Å². The Labute approximate surface area is 196 Å². The summed E-state index contributed by atoms with van der Waals surface area (Å²) in [6, 6.07) is 10.1. The summed E-state index contributed by atoms with van der Waals surface area (Å²) in [6.07, 6.45) is 0.488. The molecule has 0 aromatic heterocycles. The molecule has 0 N–H and O–H groups in total. The quantitative estimate of drug-likeness (QED) is 0.584. The lowest BCUT2D eigenvalue weighted by atomic mass is 10.1. The van der Waals surface area contributed by atoms with Crippen molar-refractivity contribution < 1.29 is 21.6 Å². The number of aryl methyl sites for hydroxylation is 2. The van der Waals surface area contributed by atoms with Crippen LogP contribution in [0.25, 0.3) is 0 Å². The van der Waals surface area contributed by atoms with Gasteiger partial charge in [-0.25, -0.2) is 17.0 Å². The molecule has 0 saturated carbocycles. The van der Waals surface area contributed by atoms with Gasteiger partial charge in [0.25, 0.3) is 0 Å². The molecule has 1 amide bonds. The van der Waals surface area contributed by atoms with Crippen LogP contribution < -0.4 is 9.21 Å². The minimum atomic E-state index is -3.93. The van der Waals surface area contributed by atoms with Gasteiger partial charge < -0.3 is 4.90 Å². The van der Waals surface area contributed by atoms with Crippen LogP contribution in [0.5, 0.6) is 0 Å². The molecule has 3 rings (SSSR count). The zero-order valence-corrected chi connectivity index (χ0v) is 21.4. The van der Waals surface area contributed by atoms with Crippen LogP contribution in [0.3, 0.4) is 0 Å². The van der Waals surface area contributed by atoms with Crippen LogP contribution in [-0.4, -0.2) is 72.6 Å². The molecule has 0 unspecified atom stereocenters. The number of nitrogens with zero attached hydrogens (tertiary/aromatic N) is 4. The van der Waals surface area contributed by atoms with Gasteiger partial charge in [0.2, 0.25) is 15.9 Å². The smallest absolute Gasteiger partial charge is 0.304 e. The van der Waals surface area contributed by atoms with Crippen molar-refractivity contribution in [2.75, 3.05) is 50.5 Å². The van der Waals surface area contributed by atoms with E-state index in [1.807, 2.05) is 19.1 Å². The minimum absolute atomic E-state index is 0.160. The van der Waals surface area contributed by atoms with E-state index in [1.54, 1.807) is 25.1 Å². The second-order valence-electron chi connectivity index (χ2n) is 8.46. The Morgan fingerprint density at radius 3 is 2.21 bits per heavy atom. The summed E-state index contributed by atoms with van der Waals surface area (Å²) >= 11 is 0. The molecule has 0 bridgehead atoms. The highest BCUT2D eigenvalue weighted by atomic mass is 32.2. The van der Waals surface area contributed by atoms with Crippen molar-refractivity contribution in [3.63, 3.8) is 0 Å². The fraction of sp³-hybridized carbons (Fsp3) is 0.409. The van der Waals surface area contributed by atoms with Crippen LogP contribution in [0, 0.1) is 13.8 Å². The fourth-order valence-electron chi connectivity index (χ4n) is 3.69. The van der Waals surface area contributed by atoms with E-state index in [4.69, 9.17) is 0 Å². The molecule has 0 fully saturated rings. The van der Waals surface area contributed by atoms with Crippen molar-refractivity contribution >= 4 is 37.5 Å². The first-order valence-corrected chi connectivity index (χ1v) is 13.2. The first-order valence-electron chi connectivity index (χ1n) is 10.4. The Morgan fingerprint density at radius 1 is 0.939 bits per heavy atom. The predicted octanol–water partition coefficient (Wildman–Crippen LogP) is 1.76. The summed E-state index contributed by atoms with van der Waals surface area (Å²) in [5.41, 5.74) is 3.40. The molecule has 1 heterocycles. The Balaban J connectivity index is 1.96. The van der Waals surface area contributed by atoms with Gasteiger partial charge in [-0.2, -0.15) is 12.7 Å². The first-order chi connectivity index (χ1) is 15.3. The van der Waals surface area contributed by atoms with Crippen molar-refractivity contribution in [2.45, 2.75) is 25.2 Å². The third-order valence-electron chi connectivity index (χ3n) is 5.68. The van der Waals surface area contributed by atoms with Gasteiger partial charge in [-0.1, -0.05) is 12.1 Å². The van der Waals surface area contributed by atoms with E-state index < -0.39 is 20.2 Å². The number of fused-ring (bicyclic) bond motifs is 1. The minimum Gasteiger partial charge on any atom is -0.310 e. The summed E-state index contributed by atoms with van der Waals surface area (Å²) in [4.78, 5) is 15.0. The number of sulfonamides is 1. The molecule has 0 saturated heterocycles. The van der Waals surface area contributed by atoms with Crippen molar-refractivity contribution in [2.24, 2.45) is 0 Å². The average molecular weight is 495 g/mol. The van der Waals surface area contributed by atoms with Crippen LogP contribution in [0.15, 0.2) is 41.3 Å². The number of carbonyl (C=O) groups excluding carboxylic acids is 1. The molecule has 0 spiro atoms. The normalized spacial score (nSPS) is 14.1. The summed E-state index contributed by atoms with van der Waals surface area (Å²) < 4.78 is 54.5. The van der Waals surface area contributed by atoms with Gasteiger partial charge in [0.1, 0.15) is 6.54 Å². The maximum atomic E-state index is 13.3. The number of benzene rings is 2. The van der Waals surface area contributed by atoms with E-state index in [1.165, 1.54) is 39.2 Å². The maximum absolute atomic E-state index is 13.3. The number of amides is 1. The molecule has 1 aliphatic rings. The van der Waals surface area contributed by atoms with Gasteiger partial charge in [-0.15, -0.1) is 0 Å². The summed E-state index contributed by atoms with van der Waals surface area (Å²) in [5.74, 6) is -0.386. The van der Waals surface area contributed by atoms with Crippen molar-refractivity contribution in [3.05, 3.63) is 53.1 Å². The van der Waals surface area contributed by atoms with Crippen LogP contribution >= 0.6 is 0 Å². The molecule has 180 valence electrons. The third-order valence-corrected chi connectivity index (χ3v) is 9.30. The topological polar surface area (TPSA) is 98.3 Å². The molecular formula is C22H30N4O5S2. The Hall–Kier alpha value is -2.47. The molecular weight excluding hydrogens is 464 g/mol. The largest absolute Gasteiger partial charge is 0.310 e. The molecule has 11 heteroatoms. The molecule has 9 nitrogen and oxygen atoms in total. The standard InChI is InChI=1S/C22H30N4O5S2/c1-16-7-8-17(2)21(13-16)26(33(30,31)24(5)6)15-22(27)25-12-11-18-14-19(9-10-20(18)25)32(28,29)23(3)4/h7-10,13-14H,11-12,15H2,1-6H3. The third kappa shape index (κ3) is 4.77. The van der Waals surface area contributed by atoms with E-state index >= 15 is 0 Å². The Morgan fingerprint density at radius 2 is 1.61 bits per heavy atom. The van der Waals surface area contributed by atoms with Gasteiger partial charge in [0.15, 0.2) is 0 Å².